The maximum absolute atomic E-state index is 11.4. The number of carbonyl (C=O) groups is 3. The van der Waals surface area contributed by atoms with E-state index in [0.717, 1.165) is 0 Å². The first-order valence-electron chi connectivity index (χ1n) is 4.77. The quantitative estimate of drug-likeness (QED) is 0.619. The zero-order valence-electron chi connectivity index (χ0n) is 8.82. The highest BCUT2D eigenvalue weighted by molar-refractivity contribution is 5.90. The SMILES string of the molecule is COC(=O)C1CC(=O)CC[C@@H]1C(=O)OC. The van der Waals surface area contributed by atoms with E-state index in [0.29, 0.717) is 12.8 Å². The normalized spacial score (nSPS) is 25.9. The molecule has 0 spiro atoms. The molecule has 1 saturated carbocycles. The van der Waals surface area contributed by atoms with E-state index in [1.165, 1.54) is 14.2 Å². The summed E-state index contributed by atoms with van der Waals surface area (Å²) in [6, 6.07) is 0. The fourth-order valence-electron chi connectivity index (χ4n) is 1.84. The summed E-state index contributed by atoms with van der Waals surface area (Å²) in [5.41, 5.74) is 0. The van der Waals surface area contributed by atoms with Gasteiger partial charge in [-0.05, 0) is 6.42 Å². The second kappa shape index (κ2) is 4.91. The van der Waals surface area contributed by atoms with Crippen LogP contribution in [0.25, 0.3) is 0 Å². The molecule has 0 heterocycles. The predicted octanol–water partition coefficient (Wildman–Crippen LogP) is 0.318. The highest BCUT2D eigenvalue weighted by Gasteiger charge is 2.40. The molecule has 0 aliphatic heterocycles. The highest BCUT2D eigenvalue weighted by Crippen LogP contribution is 2.29. The average Bonchev–Trinajstić information content (AvgIpc) is 2.26. The Balaban J connectivity index is 2.79. The second-order valence-electron chi connectivity index (χ2n) is 3.54. The van der Waals surface area contributed by atoms with E-state index >= 15 is 0 Å². The Labute approximate surface area is 87.7 Å². The number of esters is 2. The van der Waals surface area contributed by atoms with Crippen molar-refractivity contribution in [2.24, 2.45) is 11.8 Å². The number of ether oxygens (including phenoxy) is 2. The van der Waals surface area contributed by atoms with Gasteiger partial charge in [-0.1, -0.05) is 0 Å². The molecule has 0 aromatic rings. The van der Waals surface area contributed by atoms with E-state index in [2.05, 4.69) is 9.47 Å². The van der Waals surface area contributed by atoms with Gasteiger partial charge in [0.15, 0.2) is 0 Å². The standard InChI is InChI=1S/C10H14O5/c1-14-9(12)7-4-3-6(11)5-8(7)10(13)15-2/h7-8H,3-5H2,1-2H3/t7-,8?/m0/s1. The van der Waals surface area contributed by atoms with Gasteiger partial charge in [0.05, 0.1) is 26.1 Å². The lowest BCUT2D eigenvalue weighted by Gasteiger charge is -2.26. The van der Waals surface area contributed by atoms with Gasteiger partial charge in [0, 0.05) is 12.8 Å². The largest absolute Gasteiger partial charge is 0.469 e. The van der Waals surface area contributed by atoms with Gasteiger partial charge < -0.3 is 9.47 Å². The average molecular weight is 214 g/mol. The van der Waals surface area contributed by atoms with Gasteiger partial charge >= 0.3 is 11.9 Å². The molecule has 84 valence electrons. The van der Waals surface area contributed by atoms with Gasteiger partial charge in [-0.3, -0.25) is 14.4 Å². The van der Waals surface area contributed by atoms with Crippen molar-refractivity contribution in [3.63, 3.8) is 0 Å². The number of rotatable bonds is 2. The van der Waals surface area contributed by atoms with Crippen LogP contribution >= 0.6 is 0 Å². The summed E-state index contributed by atoms with van der Waals surface area (Å²) in [7, 11) is 2.52. The first-order chi connectivity index (χ1) is 7.10. The van der Waals surface area contributed by atoms with Gasteiger partial charge in [-0.2, -0.15) is 0 Å². The van der Waals surface area contributed by atoms with Crippen molar-refractivity contribution in [1.82, 2.24) is 0 Å². The van der Waals surface area contributed by atoms with E-state index in [1.807, 2.05) is 0 Å². The maximum Gasteiger partial charge on any atom is 0.309 e. The Bertz CT molecular complexity index is 284. The maximum atomic E-state index is 11.4. The number of methoxy groups -OCH3 is 2. The number of ketones is 1. The first-order valence-corrected chi connectivity index (χ1v) is 4.77. The topological polar surface area (TPSA) is 69.7 Å². The monoisotopic (exact) mass is 214 g/mol. The van der Waals surface area contributed by atoms with Crippen molar-refractivity contribution in [3.8, 4) is 0 Å². The van der Waals surface area contributed by atoms with E-state index < -0.39 is 23.8 Å². The van der Waals surface area contributed by atoms with Crippen LogP contribution in [0.5, 0.6) is 0 Å². The van der Waals surface area contributed by atoms with Gasteiger partial charge in [0.1, 0.15) is 5.78 Å². The number of carbonyl (C=O) groups excluding carboxylic acids is 3. The molecule has 15 heavy (non-hydrogen) atoms. The summed E-state index contributed by atoms with van der Waals surface area (Å²) < 4.78 is 9.16. The van der Waals surface area contributed by atoms with Crippen LogP contribution in [0.2, 0.25) is 0 Å². The predicted molar refractivity (Wildman–Crippen MR) is 49.9 cm³/mol. The van der Waals surface area contributed by atoms with Crippen LogP contribution in [-0.2, 0) is 23.9 Å². The molecule has 5 nitrogen and oxygen atoms in total. The van der Waals surface area contributed by atoms with Crippen LogP contribution in [0, 0.1) is 11.8 Å². The molecule has 1 aliphatic carbocycles. The first kappa shape index (κ1) is 11.7. The van der Waals surface area contributed by atoms with E-state index in [-0.39, 0.29) is 12.2 Å². The Kier molecular flexibility index (Phi) is 3.82. The fraction of sp³-hybridized carbons (Fsp3) is 0.700. The summed E-state index contributed by atoms with van der Waals surface area (Å²) in [5.74, 6) is -2.19. The second-order valence-corrected chi connectivity index (χ2v) is 3.54. The molecule has 0 saturated heterocycles. The van der Waals surface area contributed by atoms with Crippen LogP contribution in [0.3, 0.4) is 0 Å². The van der Waals surface area contributed by atoms with Crippen LogP contribution in [0.1, 0.15) is 19.3 Å². The lowest BCUT2D eigenvalue weighted by atomic mass is 9.78. The van der Waals surface area contributed by atoms with Crippen LogP contribution < -0.4 is 0 Å². The molecule has 1 fully saturated rings. The van der Waals surface area contributed by atoms with Gasteiger partial charge in [0.25, 0.3) is 0 Å². The zero-order chi connectivity index (χ0) is 11.4. The Morgan fingerprint density at radius 1 is 1.13 bits per heavy atom. The summed E-state index contributed by atoms with van der Waals surface area (Å²) in [6.45, 7) is 0. The molecule has 0 bridgehead atoms. The van der Waals surface area contributed by atoms with Crippen molar-refractivity contribution >= 4 is 17.7 Å². The Hall–Kier alpha value is -1.39. The number of Topliss-reactive ketones (excluding diaryl/α,β-unsaturated/α-hetero) is 1. The van der Waals surface area contributed by atoms with Crippen LogP contribution in [-0.4, -0.2) is 31.9 Å². The lowest BCUT2D eigenvalue weighted by Crippen LogP contribution is -2.37. The number of hydrogen-bond donors (Lipinski definition) is 0. The smallest absolute Gasteiger partial charge is 0.309 e. The van der Waals surface area contributed by atoms with E-state index in [1.54, 1.807) is 0 Å². The van der Waals surface area contributed by atoms with E-state index in [9.17, 15) is 14.4 Å². The fourth-order valence-corrected chi connectivity index (χ4v) is 1.84. The van der Waals surface area contributed by atoms with Gasteiger partial charge in [0.2, 0.25) is 0 Å². The van der Waals surface area contributed by atoms with Crippen molar-refractivity contribution in [3.05, 3.63) is 0 Å². The molecule has 0 radical (unpaired) electrons. The van der Waals surface area contributed by atoms with Crippen molar-refractivity contribution in [2.75, 3.05) is 14.2 Å². The summed E-state index contributed by atoms with van der Waals surface area (Å²) >= 11 is 0. The van der Waals surface area contributed by atoms with Crippen molar-refractivity contribution < 1.29 is 23.9 Å². The third-order valence-corrected chi connectivity index (χ3v) is 2.68. The molecular weight excluding hydrogens is 200 g/mol. The van der Waals surface area contributed by atoms with Crippen LogP contribution in [0.4, 0.5) is 0 Å². The van der Waals surface area contributed by atoms with Crippen molar-refractivity contribution in [2.45, 2.75) is 19.3 Å². The summed E-state index contributed by atoms with van der Waals surface area (Å²) in [6.07, 6.45) is 0.769. The Morgan fingerprint density at radius 3 is 2.20 bits per heavy atom. The molecule has 1 unspecified atom stereocenters. The summed E-state index contributed by atoms with van der Waals surface area (Å²) in [5, 5.41) is 0. The molecule has 2 atom stereocenters. The zero-order valence-corrected chi connectivity index (χ0v) is 8.82. The minimum Gasteiger partial charge on any atom is -0.469 e. The molecule has 0 aromatic carbocycles. The van der Waals surface area contributed by atoms with Gasteiger partial charge in [-0.25, -0.2) is 0 Å². The third kappa shape index (κ3) is 2.55. The van der Waals surface area contributed by atoms with Crippen molar-refractivity contribution in [1.29, 1.82) is 0 Å². The molecule has 1 rings (SSSR count). The van der Waals surface area contributed by atoms with Crippen LogP contribution in [0.15, 0.2) is 0 Å². The molecule has 0 aromatic heterocycles. The molecular formula is C10H14O5. The highest BCUT2D eigenvalue weighted by atomic mass is 16.5. The molecule has 0 amide bonds. The molecule has 1 aliphatic rings. The third-order valence-electron chi connectivity index (χ3n) is 2.68. The number of hydrogen-bond acceptors (Lipinski definition) is 5. The minimum absolute atomic E-state index is 0.00875. The Morgan fingerprint density at radius 2 is 1.67 bits per heavy atom. The minimum atomic E-state index is -0.677. The molecule has 5 heteroatoms. The summed E-state index contributed by atoms with van der Waals surface area (Å²) in [4.78, 5) is 33.9. The van der Waals surface area contributed by atoms with Gasteiger partial charge in [-0.15, -0.1) is 0 Å². The van der Waals surface area contributed by atoms with E-state index in [4.69, 9.17) is 0 Å². The lowest BCUT2D eigenvalue weighted by molar-refractivity contribution is -0.160. The molecule has 0 N–H and O–H groups in total.